The van der Waals surface area contributed by atoms with Gasteiger partial charge in [0.1, 0.15) is 5.41 Å². The van der Waals surface area contributed by atoms with E-state index in [-0.39, 0.29) is 5.91 Å². The van der Waals surface area contributed by atoms with E-state index in [1.807, 2.05) is 6.07 Å². The van der Waals surface area contributed by atoms with E-state index in [1.54, 1.807) is 24.4 Å². The number of nitriles is 1. The predicted molar refractivity (Wildman–Crippen MR) is 77.3 cm³/mol. The molecular formula is C15H12ClN3O. The Bertz CT molecular complexity index is 731. The van der Waals surface area contributed by atoms with Crippen molar-refractivity contribution in [2.75, 3.05) is 5.32 Å². The van der Waals surface area contributed by atoms with Crippen LogP contribution in [0.5, 0.6) is 0 Å². The number of benzene rings is 1. The highest BCUT2D eigenvalue weighted by Gasteiger charge is 2.44. The van der Waals surface area contributed by atoms with Gasteiger partial charge < -0.3 is 5.32 Å². The Morgan fingerprint density at radius 3 is 2.85 bits per heavy atom. The number of nitrogens with zero attached hydrogens (tertiary/aromatic N) is 2. The molecule has 0 spiro atoms. The first-order valence-corrected chi connectivity index (χ1v) is 6.80. The van der Waals surface area contributed by atoms with Crippen molar-refractivity contribution in [2.24, 2.45) is 5.41 Å². The van der Waals surface area contributed by atoms with Crippen molar-refractivity contribution in [1.29, 1.82) is 5.26 Å². The van der Waals surface area contributed by atoms with Crippen LogP contribution in [0.25, 0.3) is 10.9 Å². The van der Waals surface area contributed by atoms with Crippen LogP contribution in [0.2, 0.25) is 5.02 Å². The van der Waals surface area contributed by atoms with E-state index in [1.165, 1.54) is 0 Å². The predicted octanol–water partition coefficient (Wildman–Crippen LogP) is 3.52. The zero-order chi connectivity index (χ0) is 14.2. The molecule has 1 amide bonds. The van der Waals surface area contributed by atoms with Gasteiger partial charge in [-0.15, -0.1) is 0 Å². The lowest BCUT2D eigenvalue weighted by Gasteiger charge is -2.33. The highest BCUT2D eigenvalue weighted by atomic mass is 35.5. The molecular weight excluding hydrogens is 274 g/mol. The van der Waals surface area contributed by atoms with Gasteiger partial charge >= 0.3 is 0 Å². The van der Waals surface area contributed by atoms with E-state index in [9.17, 15) is 10.1 Å². The monoisotopic (exact) mass is 285 g/mol. The molecule has 1 N–H and O–H groups in total. The molecule has 20 heavy (non-hydrogen) atoms. The van der Waals surface area contributed by atoms with Gasteiger partial charge in [0.25, 0.3) is 0 Å². The second-order valence-electron chi connectivity index (χ2n) is 5.00. The van der Waals surface area contributed by atoms with Crippen LogP contribution in [0, 0.1) is 16.7 Å². The number of anilines is 1. The van der Waals surface area contributed by atoms with Gasteiger partial charge in [0.05, 0.1) is 22.3 Å². The summed E-state index contributed by atoms with van der Waals surface area (Å²) in [5.74, 6) is -0.250. The van der Waals surface area contributed by atoms with Crippen molar-refractivity contribution in [3.05, 3.63) is 35.5 Å². The summed E-state index contributed by atoms with van der Waals surface area (Å²) in [5, 5.41) is 13.4. The zero-order valence-corrected chi connectivity index (χ0v) is 11.4. The van der Waals surface area contributed by atoms with Crippen molar-refractivity contribution >= 4 is 34.1 Å². The summed E-state index contributed by atoms with van der Waals surface area (Å²) in [7, 11) is 0. The quantitative estimate of drug-likeness (QED) is 0.918. The van der Waals surface area contributed by atoms with Crippen LogP contribution >= 0.6 is 11.6 Å². The van der Waals surface area contributed by atoms with E-state index in [0.29, 0.717) is 29.1 Å². The fourth-order valence-corrected chi connectivity index (χ4v) is 2.62. The lowest BCUT2D eigenvalue weighted by atomic mass is 9.69. The molecule has 4 nitrogen and oxygen atoms in total. The maximum atomic E-state index is 12.3. The van der Waals surface area contributed by atoms with E-state index < -0.39 is 5.41 Å². The van der Waals surface area contributed by atoms with E-state index in [0.717, 1.165) is 11.8 Å². The first kappa shape index (κ1) is 12.9. The highest BCUT2D eigenvalue weighted by molar-refractivity contribution is 6.36. The lowest BCUT2D eigenvalue weighted by Crippen LogP contribution is -2.40. The highest BCUT2D eigenvalue weighted by Crippen LogP contribution is 2.41. The van der Waals surface area contributed by atoms with E-state index in [4.69, 9.17) is 11.6 Å². The number of hydrogen-bond acceptors (Lipinski definition) is 3. The summed E-state index contributed by atoms with van der Waals surface area (Å²) < 4.78 is 0. The second-order valence-corrected chi connectivity index (χ2v) is 5.40. The third kappa shape index (κ3) is 1.91. The molecule has 1 aromatic carbocycles. The molecule has 1 aliphatic rings. The van der Waals surface area contributed by atoms with Crippen LogP contribution in [0.3, 0.4) is 0 Å². The van der Waals surface area contributed by atoms with Crippen molar-refractivity contribution in [1.82, 2.24) is 4.98 Å². The third-order valence-electron chi connectivity index (χ3n) is 3.82. The molecule has 1 fully saturated rings. The van der Waals surface area contributed by atoms with Gasteiger partial charge in [-0.2, -0.15) is 5.26 Å². The topological polar surface area (TPSA) is 65.8 Å². The van der Waals surface area contributed by atoms with E-state index >= 15 is 0 Å². The molecule has 1 aliphatic carbocycles. The SMILES string of the molecule is N#CC1(C(=O)Nc2ccc(Cl)c3cccnc23)CCC1. The van der Waals surface area contributed by atoms with Crippen LogP contribution in [0.1, 0.15) is 19.3 Å². The molecule has 3 rings (SSSR count). The van der Waals surface area contributed by atoms with Crippen molar-refractivity contribution in [3.8, 4) is 6.07 Å². The number of nitrogens with one attached hydrogen (secondary N) is 1. The lowest BCUT2D eigenvalue weighted by molar-refractivity contribution is -0.126. The largest absolute Gasteiger partial charge is 0.323 e. The molecule has 2 aromatic rings. The molecule has 5 heteroatoms. The molecule has 0 aliphatic heterocycles. The fraction of sp³-hybridized carbons (Fsp3) is 0.267. The molecule has 100 valence electrons. The van der Waals surface area contributed by atoms with Crippen LogP contribution in [-0.2, 0) is 4.79 Å². The standard InChI is InChI=1S/C15H12ClN3O/c16-11-4-5-12(13-10(11)3-1-8-18-13)19-14(20)15(9-17)6-2-7-15/h1,3-5,8H,2,6-7H2,(H,19,20). The number of halogens is 1. The Hall–Kier alpha value is -2.12. The van der Waals surface area contributed by atoms with Crippen LogP contribution in [0.15, 0.2) is 30.5 Å². The summed E-state index contributed by atoms with van der Waals surface area (Å²) in [6, 6.07) is 9.23. The summed E-state index contributed by atoms with van der Waals surface area (Å²) in [4.78, 5) is 16.5. The molecule has 1 heterocycles. The average molecular weight is 286 g/mol. The Kier molecular flexibility index (Phi) is 3.07. The number of fused-ring (bicyclic) bond motifs is 1. The van der Waals surface area contributed by atoms with Crippen molar-refractivity contribution < 1.29 is 4.79 Å². The van der Waals surface area contributed by atoms with E-state index in [2.05, 4.69) is 16.4 Å². The molecule has 0 bridgehead atoms. The van der Waals surface area contributed by atoms with Gasteiger partial charge in [0, 0.05) is 11.6 Å². The van der Waals surface area contributed by atoms with Gasteiger partial charge in [-0.1, -0.05) is 11.6 Å². The number of carbonyl (C=O) groups excluding carboxylic acids is 1. The smallest absolute Gasteiger partial charge is 0.244 e. The van der Waals surface area contributed by atoms with Crippen LogP contribution < -0.4 is 5.32 Å². The number of hydrogen-bond donors (Lipinski definition) is 1. The number of pyridine rings is 1. The van der Waals surface area contributed by atoms with Gasteiger partial charge in [-0.05, 0) is 43.5 Å². The summed E-state index contributed by atoms with van der Waals surface area (Å²) in [6.45, 7) is 0. The number of carbonyl (C=O) groups is 1. The maximum Gasteiger partial charge on any atom is 0.244 e. The molecule has 1 saturated carbocycles. The third-order valence-corrected chi connectivity index (χ3v) is 4.15. The normalized spacial score (nSPS) is 16.2. The Morgan fingerprint density at radius 2 is 2.20 bits per heavy atom. The zero-order valence-electron chi connectivity index (χ0n) is 10.7. The molecule has 0 atom stereocenters. The first-order valence-electron chi connectivity index (χ1n) is 6.42. The fourth-order valence-electron chi connectivity index (χ4n) is 2.40. The van der Waals surface area contributed by atoms with Gasteiger partial charge in [0.15, 0.2) is 0 Å². The molecule has 0 unspecified atom stereocenters. The maximum absolute atomic E-state index is 12.3. The Morgan fingerprint density at radius 1 is 1.40 bits per heavy atom. The van der Waals surface area contributed by atoms with Crippen LogP contribution in [-0.4, -0.2) is 10.9 Å². The minimum absolute atomic E-state index is 0.250. The van der Waals surface area contributed by atoms with Gasteiger partial charge in [0.2, 0.25) is 5.91 Å². The summed E-state index contributed by atoms with van der Waals surface area (Å²) in [5.41, 5.74) is 0.359. The van der Waals surface area contributed by atoms with Crippen LogP contribution in [0.4, 0.5) is 5.69 Å². The average Bonchev–Trinajstić information content (AvgIpc) is 2.42. The molecule has 0 saturated heterocycles. The van der Waals surface area contributed by atoms with Gasteiger partial charge in [-0.25, -0.2) is 0 Å². The van der Waals surface area contributed by atoms with Crippen molar-refractivity contribution in [2.45, 2.75) is 19.3 Å². The minimum Gasteiger partial charge on any atom is -0.323 e. The van der Waals surface area contributed by atoms with Gasteiger partial charge in [-0.3, -0.25) is 9.78 Å². The number of amides is 1. The summed E-state index contributed by atoms with van der Waals surface area (Å²) in [6.07, 6.45) is 3.81. The minimum atomic E-state index is -0.874. The number of rotatable bonds is 2. The second kappa shape index (κ2) is 4.77. The summed E-state index contributed by atoms with van der Waals surface area (Å²) >= 11 is 6.12. The number of aromatic nitrogens is 1. The van der Waals surface area contributed by atoms with Crippen molar-refractivity contribution in [3.63, 3.8) is 0 Å². The Labute approximate surface area is 121 Å². The Balaban J connectivity index is 1.98. The molecule has 1 aromatic heterocycles. The first-order chi connectivity index (χ1) is 9.66. The molecule has 0 radical (unpaired) electrons.